The van der Waals surface area contributed by atoms with E-state index in [-0.39, 0.29) is 23.6 Å². The van der Waals surface area contributed by atoms with Crippen LogP contribution < -0.4 is 10.6 Å². The lowest BCUT2D eigenvalue weighted by Crippen LogP contribution is -2.30. The summed E-state index contributed by atoms with van der Waals surface area (Å²) in [6, 6.07) is 10.3. The van der Waals surface area contributed by atoms with Crippen molar-refractivity contribution in [2.45, 2.75) is 19.9 Å². The van der Waals surface area contributed by atoms with Gasteiger partial charge in [-0.2, -0.15) is 0 Å². The average Bonchev–Trinajstić information content (AvgIpc) is 2.49. The van der Waals surface area contributed by atoms with Crippen molar-refractivity contribution in [3.05, 3.63) is 58.3 Å². The second-order valence-electron chi connectivity index (χ2n) is 5.02. The van der Waals surface area contributed by atoms with E-state index in [1.54, 1.807) is 18.2 Å². The molecule has 0 unspecified atom stereocenters. The number of hydrogen-bond donors (Lipinski definition) is 2. The van der Waals surface area contributed by atoms with E-state index in [0.717, 1.165) is 4.47 Å². The van der Waals surface area contributed by atoms with E-state index < -0.39 is 0 Å². The Hall–Kier alpha value is -2.21. The van der Waals surface area contributed by atoms with E-state index in [4.69, 9.17) is 0 Å². The number of benzene rings is 1. The highest BCUT2D eigenvalue weighted by atomic mass is 79.9. The summed E-state index contributed by atoms with van der Waals surface area (Å²) in [4.78, 5) is 28.1. The third kappa shape index (κ3) is 4.39. The van der Waals surface area contributed by atoms with Gasteiger partial charge < -0.3 is 10.6 Å². The minimum Gasteiger partial charge on any atom is -0.350 e. The summed E-state index contributed by atoms with van der Waals surface area (Å²) in [5.74, 6) is -0.586. The number of carbonyl (C=O) groups excluding carboxylic acids is 2. The Morgan fingerprint density at radius 1 is 1.09 bits per heavy atom. The number of pyridine rings is 1. The zero-order valence-corrected chi connectivity index (χ0v) is 13.8. The van der Waals surface area contributed by atoms with Gasteiger partial charge in [0.2, 0.25) is 0 Å². The fraction of sp³-hybridized carbons (Fsp3) is 0.188. The molecule has 114 valence electrons. The summed E-state index contributed by atoms with van der Waals surface area (Å²) in [6.07, 6.45) is 1.45. The first kappa shape index (κ1) is 16.2. The zero-order valence-electron chi connectivity index (χ0n) is 12.3. The molecule has 0 saturated carbocycles. The van der Waals surface area contributed by atoms with Crippen molar-refractivity contribution in [1.82, 2.24) is 10.3 Å². The van der Waals surface area contributed by atoms with E-state index >= 15 is 0 Å². The largest absolute Gasteiger partial charge is 0.350 e. The molecule has 0 spiro atoms. The van der Waals surface area contributed by atoms with Crippen LogP contribution in [-0.2, 0) is 0 Å². The Balaban J connectivity index is 2.13. The molecule has 0 fully saturated rings. The number of nitrogens with zero attached hydrogens (tertiary/aromatic N) is 1. The molecule has 22 heavy (non-hydrogen) atoms. The third-order valence-electron chi connectivity index (χ3n) is 2.78. The van der Waals surface area contributed by atoms with Gasteiger partial charge in [0.1, 0.15) is 5.69 Å². The molecule has 1 aromatic heterocycles. The maximum atomic E-state index is 12.2. The molecule has 0 bridgehead atoms. The minimum atomic E-state index is -0.360. The SMILES string of the molecule is CC(C)NC(=O)c1ccnc(C(=O)Nc2ccc(Br)cc2)c1. The molecule has 1 aromatic carbocycles. The lowest BCUT2D eigenvalue weighted by Gasteiger charge is -2.09. The summed E-state index contributed by atoms with van der Waals surface area (Å²) in [7, 11) is 0. The van der Waals surface area contributed by atoms with E-state index in [2.05, 4.69) is 31.5 Å². The molecule has 0 aliphatic heterocycles. The molecule has 2 N–H and O–H groups in total. The van der Waals surface area contributed by atoms with Gasteiger partial charge in [0.25, 0.3) is 11.8 Å². The average molecular weight is 362 g/mol. The first-order valence-electron chi connectivity index (χ1n) is 6.79. The Morgan fingerprint density at radius 2 is 1.77 bits per heavy atom. The number of rotatable bonds is 4. The molecule has 5 nitrogen and oxygen atoms in total. The van der Waals surface area contributed by atoms with Crippen molar-refractivity contribution in [3.8, 4) is 0 Å². The second kappa shape index (κ2) is 7.17. The number of hydrogen-bond acceptors (Lipinski definition) is 3. The monoisotopic (exact) mass is 361 g/mol. The van der Waals surface area contributed by atoms with Crippen LogP contribution in [0.25, 0.3) is 0 Å². The number of nitrogens with one attached hydrogen (secondary N) is 2. The van der Waals surface area contributed by atoms with Gasteiger partial charge in [-0.25, -0.2) is 0 Å². The van der Waals surface area contributed by atoms with Crippen LogP contribution in [0.15, 0.2) is 47.1 Å². The van der Waals surface area contributed by atoms with Gasteiger partial charge in [-0.15, -0.1) is 0 Å². The molecule has 2 rings (SSSR count). The fourth-order valence-corrected chi connectivity index (χ4v) is 2.03. The van der Waals surface area contributed by atoms with Crippen LogP contribution in [-0.4, -0.2) is 22.8 Å². The van der Waals surface area contributed by atoms with Crippen LogP contribution in [0.3, 0.4) is 0 Å². The lowest BCUT2D eigenvalue weighted by molar-refractivity contribution is 0.0943. The highest BCUT2D eigenvalue weighted by Gasteiger charge is 2.12. The standard InChI is InChI=1S/C16H16BrN3O2/c1-10(2)19-15(21)11-7-8-18-14(9-11)16(22)20-13-5-3-12(17)4-6-13/h3-10H,1-2H3,(H,19,21)(H,20,22). The van der Waals surface area contributed by atoms with Crippen LogP contribution in [0.4, 0.5) is 5.69 Å². The zero-order chi connectivity index (χ0) is 16.1. The molecule has 0 radical (unpaired) electrons. The quantitative estimate of drug-likeness (QED) is 0.877. The smallest absolute Gasteiger partial charge is 0.274 e. The number of anilines is 1. The van der Waals surface area contributed by atoms with Gasteiger partial charge in [-0.05, 0) is 50.2 Å². The van der Waals surface area contributed by atoms with E-state index in [1.165, 1.54) is 12.3 Å². The Kier molecular flexibility index (Phi) is 5.27. The van der Waals surface area contributed by atoms with Crippen LogP contribution >= 0.6 is 15.9 Å². The molecular formula is C16H16BrN3O2. The van der Waals surface area contributed by atoms with Crippen LogP contribution in [0.1, 0.15) is 34.7 Å². The molecule has 1 heterocycles. The van der Waals surface area contributed by atoms with Gasteiger partial charge in [-0.3, -0.25) is 14.6 Å². The van der Waals surface area contributed by atoms with Gasteiger partial charge in [0.15, 0.2) is 0 Å². The Bertz CT molecular complexity index is 684. The first-order valence-corrected chi connectivity index (χ1v) is 7.59. The fourth-order valence-electron chi connectivity index (χ4n) is 1.77. The van der Waals surface area contributed by atoms with Crippen LogP contribution in [0.5, 0.6) is 0 Å². The lowest BCUT2D eigenvalue weighted by atomic mass is 10.2. The maximum Gasteiger partial charge on any atom is 0.274 e. The number of aromatic nitrogens is 1. The van der Waals surface area contributed by atoms with Gasteiger partial charge in [-0.1, -0.05) is 15.9 Å². The predicted molar refractivity (Wildman–Crippen MR) is 88.9 cm³/mol. The maximum absolute atomic E-state index is 12.2. The van der Waals surface area contributed by atoms with Crippen molar-refractivity contribution >= 4 is 33.4 Å². The number of amides is 2. The van der Waals surface area contributed by atoms with Crippen LogP contribution in [0.2, 0.25) is 0 Å². The Morgan fingerprint density at radius 3 is 2.41 bits per heavy atom. The molecule has 0 atom stereocenters. The summed E-state index contributed by atoms with van der Waals surface area (Å²) >= 11 is 3.33. The highest BCUT2D eigenvalue weighted by molar-refractivity contribution is 9.10. The summed E-state index contributed by atoms with van der Waals surface area (Å²) in [5, 5.41) is 5.52. The first-order chi connectivity index (χ1) is 10.5. The minimum absolute atomic E-state index is 0.0284. The Labute approximate surface area is 137 Å². The highest BCUT2D eigenvalue weighted by Crippen LogP contribution is 2.15. The van der Waals surface area contributed by atoms with E-state index in [0.29, 0.717) is 11.3 Å². The molecule has 0 aliphatic rings. The normalized spacial score (nSPS) is 10.4. The van der Waals surface area contributed by atoms with Crippen molar-refractivity contribution in [1.29, 1.82) is 0 Å². The van der Waals surface area contributed by atoms with Crippen molar-refractivity contribution in [3.63, 3.8) is 0 Å². The van der Waals surface area contributed by atoms with Gasteiger partial charge in [0.05, 0.1) is 0 Å². The molecule has 2 amide bonds. The van der Waals surface area contributed by atoms with Gasteiger partial charge >= 0.3 is 0 Å². The van der Waals surface area contributed by atoms with Gasteiger partial charge in [0, 0.05) is 28.0 Å². The molecule has 2 aromatic rings. The summed E-state index contributed by atoms with van der Waals surface area (Å²) in [5.41, 5.74) is 1.26. The summed E-state index contributed by atoms with van der Waals surface area (Å²) in [6.45, 7) is 3.75. The van der Waals surface area contributed by atoms with Crippen LogP contribution in [0, 0.1) is 0 Å². The van der Waals surface area contributed by atoms with E-state index in [9.17, 15) is 9.59 Å². The molecular weight excluding hydrogens is 346 g/mol. The number of carbonyl (C=O) groups is 2. The molecule has 6 heteroatoms. The van der Waals surface area contributed by atoms with Crippen molar-refractivity contribution in [2.24, 2.45) is 0 Å². The summed E-state index contributed by atoms with van der Waals surface area (Å²) < 4.78 is 0.927. The van der Waals surface area contributed by atoms with E-state index in [1.807, 2.05) is 26.0 Å². The van der Waals surface area contributed by atoms with Crippen molar-refractivity contribution < 1.29 is 9.59 Å². The molecule has 0 saturated heterocycles. The number of halogens is 1. The second-order valence-corrected chi connectivity index (χ2v) is 5.93. The third-order valence-corrected chi connectivity index (χ3v) is 3.31. The predicted octanol–water partition coefficient (Wildman–Crippen LogP) is 3.23. The molecule has 0 aliphatic carbocycles. The van der Waals surface area contributed by atoms with Crippen molar-refractivity contribution in [2.75, 3.05) is 5.32 Å². The topological polar surface area (TPSA) is 71.1 Å².